The second-order valence-corrected chi connectivity index (χ2v) is 4.49. The summed E-state index contributed by atoms with van der Waals surface area (Å²) in [6, 6.07) is 0. The van der Waals surface area contributed by atoms with Gasteiger partial charge in [-0.3, -0.25) is 4.79 Å². The average molecular weight is 264 g/mol. The van der Waals surface area contributed by atoms with Gasteiger partial charge in [0.2, 0.25) is 0 Å². The van der Waals surface area contributed by atoms with Crippen molar-refractivity contribution in [1.29, 1.82) is 0 Å². The van der Waals surface area contributed by atoms with Crippen LogP contribution in [0.25, 0.3) is 0 Å². The van der Waals surface area contributed by atoms with Gasteiger partial charge in [0.25, 0.3) is 0 Å². The molecule has 0 aliphatic rings. The SMILES string of the molecule is CCC(=O)SCCC(F)C(F)(F)C(C)(F)F. The number of hydrogen-bond acceptors (Lipinski definition) is 2. The predicted octanol–water partition coefficient (Wildman–Crippen LogP) is 3.67. The van der Waals surface area contributed by atoms with Gasteiger partial charge in [-0.05, 0) is 6.42 Å². The zero-order valence-electron chi connectivity index (χ0n) is 8.90. The van der Waals surface area contributed by atoms with E-state index < -0.39 is 24.4 Å². The lowest BCUT2D eigenvalue weighted by atomic mass is 10.1. The van der Waals surface area contributed by atoms with Crippen LogP contribution in [-0.2, 0) is 4.79 Å². The Labute approximate surface area is 94.8 Å². The first-order valence-electron chi connectivity index (χ1n) is 4.68. The van der Waals surface area contributed by atoms with E-state index in [9.17, 15) is 26.7 Å². The minimum atomic E-state index is -4.69. The molecule has 1 unspecified atom stereocenters. The third-order valence-corrected chi connectivity index (χ3v) is 2.95. The Morgan fingerprint density at radius 2 is 1.81 bits per heavy atom. The van der Waals surface area contributed by atoms with Crippen LogP contribution in [-0.4, -0.2) is 28.9 Å². The molecule has 0 aromatic heterocycles. The number of rotatable bonds is 6. The lowest BCUT2D eigenvalue weighted by molar-refractivity contribution is -0.229. The fraction of sp³-hybridized carbons (Fsp3) is 0.889. The molecule has 96 valence electrons. The van der Waals surface area contributed by atoms with Crippen LogP contribution in [0.5, 0.6) is 0 Å². The molecule has 0 aromatic carbocycles. The maximum Gasteiger partial charge on any atom is 0.340 e. The van der Waals surface area contributed by atoms with Crippen molar-refractivity contribution in [3.63, 3.8) is 0 Å². The lowest BCUT2D eigenvalue weighted by Gasteiger charge is -2.26. The zero-order chi connectivity index (χ0) is 13.0. The minimum absolute atomic E-state index is 0.0239. The summed E-state index contributed by atoms with van der Waals surface area (Å²) in [5.74, 6) is -9.31. The average Bonchev–Trinajstić information content (AvgIpc) is 2.15. The van der Waals surface area contributed by atoms with E-state index >= 15 is 0 Å². The first kappa shape index (κ1) is 15.7. The summed E-state index contributed by atoms with van der Waals surface area (Å²) < 4.78 is 63.0. The van der Waals surface area contributed by atoms with Crippen molar-refractivity contribution < 1.29 is 26.7 Å². The molecular formula is C9H13F5OS. The Balaban J connectivity index is 4.16. The van der Waals surface area contributed by atoms with Gasteiger partial charge in [0.15, 0.2) is 11.3 Å². The quantitative estimate of drug-likeness (QED) is 0.681. The van der Waals surface area contributed by atoms with Gasteiger partial charge in [0.05, 0.1) is 0 Å². The van der Waals surface area contributed by atoms with Gasteiger partial charge in [0.1, 0.15) is 0 Å². The molecule has 0 saturated heterocycles. The number of carbonyl (C=O) groups is 1. The number of hydrogen-bond donors (Lipinski definition) is 0. The molecule has 0 bridgehead atoms. The van der Waals surface area contributed by atoms with Gasteiger partial charge in [0, 0.05) is 19.1 Å². The van der Waals surface area contributed by atoms with Crippen LogP contribution in [0.15, 0.2) is 0 Å². The molecule has 0 radical (unpaired) electrons. The molecule has 0 aliphatic carbocycles. The molecule has 1 nitrogen and oxygen atoms in total. The Morgan fingerprint density at radius 3 is 2.19 bits per heavy atom. The van der Waals surface area contributed by atoms with Gasteiger partial charge in [-0.2, -0.15) is 8.78 Å². The van der Waals surface area contributed by atoms with Crippen molar-refractivity contribution in [2.75, 3.05) is 5.75 Å². The zero-order valence-corrected chi connectivity index (χ0v) is 9.72. The number of halogens is 5. The van der Waals surface area contributed by atoms with E-state index in [0.29, 0.717) is 11.8 Å². The topological polar surface area (TPSA) is 17.1 Å². The van der Waals surface area contributed by atoms with Gasteiger partial charge in [-0.25, -0.2) is 13.2 Å². The van der Waals surface area contributed by atoms with E-state index in [0.717, 1.165) is 0 Å². The molecule has 0 aromatic rings. The Hall–Kier alpha value is -0.330. The summed E-state index contributed by atoms with van der Waals surface area (Å²) in [5, 5.41) is -0.279. The fourth-order valence-electron chi connectivity index (χ4n) is 0.835. The molecule has 0 spiro atoms. The van der Waals surface area contributed by atoms with Crippen LogP contribution in [0, 0.1) is 0 Å². The van der Waals surface area contributed by atoms with Crippen LogP contribution in [0.2, 0.25) is 0 Å². The van der Waals surface area contributed by atoms with Crippen molar-refractivity contribution in [3.05, 3.63) is 0 Å². The highest BCUT2D eigenvalue weighted by atomic mass is 32.2. The molecule has 0 heterocycles. The summed E-state index contributed by atoms with van der Waals surface area (Å²) in [4.78, 5) is 10.7. The van der Waals surface area contributed by atoms with Gasteiger partial charge in [-0.1, -0.05) is 18.7 Å². The van der Waals surface area contributed by atoms with Crippen molar-refractivity contribution in [1.82, 2.24) is 0 Å². The van der Waals surface area contributed by atoms with Crippen molar-refractivity contribution in [2.45, 2.75) is 44.7 Å². The Bertz CT molecular complexity index is 239. The normalized spacial score (nSPS) is 14.9. The van der Waals surface area contributed by atoms with E-state index in [1.54, 1.807) is 6.92 Å². The van der Waals surface area contributed by atoms with Crippen molar-refractivity contribution >= 4 is 16.9 Å². The van der Waals surface area contributed by atoms with E-state index in [2.05, 4.69) is 0 Å². The maximum atomic E-state index is 12.9. The first-order valence-corrected chi connectivity index (χ1v) is 5.66. The molecule has 0 aliphatic heterocycles. The molecule has 0 rings (SSSR count). The number of carbonyl (C=O) groups excluding carboxylic acids is 1. The highest BCUT2D eigenvalue weighted by Gasteiger charge is 2.58. The third kappa shape index (κ3) is 4.27. The van der Waals surface area contributed by atoms with E-state index in [4.69, 9.17) is 0 Å². The fourth-order valence-corrected chi connectivity index (χ4v) is 1.59. The first-order chi connectivity index (χ1) is 7.13. The monoisotopic (exact) mass is 264 g/mol. The van der Waals surface area contributed by atoms with Crippen molar-refractivity contribution in [3.8, 4) is 0 Å². The highest BCUT2D eigenvalue weighted by molar-refractivity contribution is 8.13. The molecule has 0 fully saturated rings. The molecule has 7 heteroatoms. The van der Waals surface area contributed by atoms with Crippen LogP contribution in [0.4, 0.5) is 22.0 Å². The maximum absolute atomic E-state index is 12.9. The van der Waals surface area contributed by atoms with Crippen LogP contribution < -0.4 is 0 Å². The van der Waals surface area contributed by atoms with Crippen LogP contribution in [0.3, 0.4) is 0 Å². The largest absolute Gasteiger partial charge is 0.340 e. The smallest absolute Gasteiger partial charge is 0.287 e. The molecular weight excluding hydrogens is 251 g/mol. The third-order valence-electron chi connectivity index (χ3n) is 1.90. The summed E-state index contributed by atoms with van der Waals surface area (Å²) in [6.07, 6.45) is -3.51. The summed E-state index contributed by atoms with van der Waals surface area (Å²) >= 11 is 0.674. The van der Waals surface area contributed by atoms with Crippen LogP contribution >= 0.6 is 11.8 Å². The molecule has 16 heavy (non-hydrogen) atoms. The van der Waals surface area contributed by atoms with Gasteiger partial charge in [-0.15, -0.1) is 0 Å². The second kappa shape index (κ2) is 5.84. The van der Waals surface area contributed by atoms with E-state index in [-0.39, 0.29) is 24.2 Å². The lowest BCUT2D eigenvalue weighted by Crippen LogP contribution is -2.46. The standard InChI is InChI=1S/C9H13F5OS/c1-3-7(15)16-5-4-6(10)9(13,14)8(2,11)12/h6H,3-5H2,1-2H3. The number of alkyl halides is 5. The van der Waals surface area contributed by atoms with E-state index in [1.165, 1.54) is 0 Å². The highest BCUT2D eigenvalue weighted by Crippen LogP contribution is 2.39. The van der Waals surface area contributed by atoms with Gasteiger partial charge >= 0.3 is 11.8 Å². The molecule has 1 atom stereocenters. The molecule has 0 N–H and O–H groups in total. The van der Waals surface area contributed by atoms with Gasteiger partial charge < -0.3 is 0 Å². The predicted molar refractivity (Wildman–Crippen MR) is 52.8 cm³/mol. The molecule has 0 saturated carbocycles. The minimum Gasteiger partial charge on any atom is -0.287 e. The van der Waals surface area contributed by atoms with Crippen molar-refractivity contribution in [2.24, 2.45) is 0 Å². The summed E-state index contributed by atoms with van der Waals surface area (Å²) in [5.41, 5.74) is 0. The molecule has 0 amide bonds. The second-order valence-electron chi connectivity index (χ2n) is 3.34. The summed E-state index contributed by atoms with van der Waals surface area (Å²) in [7, 11) is 0. The van der Waals surface area contributed by atoms with E-state index in [1.807, 2.05) is 0 Å². The summed E-state index contributed by atoms with van der Waals surface area (Å²) in [6.45, 7) is 1.54. The Kier molecular flexibility index (Phi) is 5.72. The Morgan fingerprint density at radius 1 is 1.31 bits per heavy atom. The van der Waals surface area contributed by atoms with Crippen LogP contribution in [0.1, 0.15) is 26.7 Å². The number of thioether (sulfide) groups is 1.